The molecular formula is C13H18N2O. The van der Waals surface area contributed by atoms with Crippen molar-refractivity contribution >= 4 is 11.1 Å². The second-order valence-electron chi connectivity index (χ2n) is 4.55. The summed E-state index contributed by atoms with van der Waals surface area (Å²) >= 11 is 0. The lowest BCUT2D eigenvalue weighted by atomic mass is 9.88. The van der Waals surface area contributed by atoms with E-state index in [1.165, 1.54) is 5.56 Å². The third-order valence-corrected chi connectivity index (χ3v) is 3.01. The first-order chi connectivity index (χ1) is 7.61. The van der Waals surface area contributed by atoms with Gasteiger partial charge in [-0.15, -0.1) is 0 Å². The molecule has 0 saturated heterocycles. The van der Waals surface area contributed by atoms with Crippen LogP contribution in [0.1, 0.15) is 31.2 Å². The van der Waals surface area contributed by atoms with Gasteiger partial charge in [-0.1, -0.05) is 19.9 Å². The molecule has 16 heavy (non-hydrogen) atoms. The molecule has 3 heteroatoms. The molecule has 1 unspecified atom stereocenters. The summed E-state index contributed by atoms with van der Waals surface area (Å²) < 4.78 is 5.45. The summed E-state index contributed by atoms with van der Waals surface area (Å²) in [6.07, 6.45) is 0. The van der Waals surface area contributed by atoms with Crippen molar-refractivity contribution in [2.75, 3.05) is 6.54 Å². The van der Waals surface area contributed by atoms with E-state index >= 15 is 0 Å². The monoisotopic (exact) mass is 218 g/mol. The highest BCUT2D eigenvalue weighted by atomic mass is 16.3. The van der Waals surface area contributed by atoms with Crippen LogP contribution in [0.5, 0.6) is 0 Å². The van der Waals surface area contributed by atoms with Gasteiger partial charge in [-0.2, -0.15) is 0 Å². The number of nitrogens with zero attached hydrogens (tertiary/aromatic N) is 1. The predicted octanol–water partition coefficient (Wildman–Crippen LogP) is 2.83. The Morgan fingerprint density at radius 2 is 2.12 bits per heavy atom. The number of hydrogen-bond donors (Lipinski definition) is 1. The van der Waals surface area contributed by atoms with E-state index in [-0.39, 0.29) is 0 Å². The van der Waals surface area contributed by atoms with E-state index < -0.39 is 0 Å². The fourth-order valence-corrected chi connectivity index (χ4v) is 2.08. The Morgan fingerprint density at radius 1 is 1.38 bits per heavy atom. The van der Waals surface area contributed by atoms with Crippen molar-refractivity contribution in [3.63, 3.8) is 0 Å². The minimum Gasteiger partial charge on any atom is -0.441 e. The number of nitrogens with two attached hydrogens (primary N) is 1. The van der Waals surface area contributed by atoms with Gasteiger partial charge in [0.2, 0.25) is 0 Å². The maximum atomic E-state index is 5.81. The Balaban J connectivity index is 2.44. The molecule has 0 bridgehead atoms. The smallest absolute Gasteiger partial charge is 0.192 e. The van der Waals surface area contributed by atoms with E-state index in [1.54, 1.807) is 0 Å². The van der Waals surface area contributed by atoms with Gasteiger partial charge in [0.05, 0.1) is 0 Å². The lowest BCUT2D eigenvalue weighted by Crippen LogP contribution is -2.17. The quantitative estimate of drug-likeness (QED) is 0.861. The summed E-state index contributed by atoms with van der Waals surface area (Å²) in [5.74, 6) is 1.64. The van der Waals surface area contributed by atoms with Crippen LogP contribution in [0.3, 0.4) is 0 Å². The molecule has 2 rings (SSSR count). The molecule has 1 atom stereocenters. The van der Waals surface area contributed by atoms with Crippen molar-refractivity contribution in [1.29, 1.82) is 0 Å². The second kappa shape index (κ2) is 4.26. The normalized spacial score (nSPS) is 13.6. The summed E-state index contributed by atoms with van der Waals surface area (Å²) in [5.41, 5.74) is 8.83. The summed E-state index contributed by atoms with van der Waals surface area (Å²) in [7, 11) is 0. The van der Waals surface area contributed by atoms with Crippen LogP contribution in [0.15, 0.2) is 22.6 Å². The molecule has 0 amide bonds. The van der Waals surface area contributed by atoms with Gasteiger partial charge >= 0.3 is 0 Å². The van der Waals surface area contributed by atoms with E-state index in [9.17, 15) is 0 Å². The summed E-state index contributed by atoms with van der Waals surface area (Å²) in [6, 6.07) is 6.16. The van der Waals surface area contributed by atoms with Crippen molar-refractivity contribution in [2.24, 2.45) is 11.7 Å². The van der Waals surface area contributed by atoms with Crippen molar-refractivity contribution in [2.45, 2.75) is 26.7 Å². The minimum atomic E-state index is 0.390. The van der Waals surface area contributed by atoms with Crippen LogP contribution in [0.25, 0.3) is 11.1 Å². The molecule has 1 aromatic heterocycles. The standard InChI is InChI=1S/C13H18N2O/c1-8(2)11(7-14)10-4-5-13-12(6-10)15-9(3)16-13/h4-6,8,11H,7,14H2,1-3H3. The third-order valence-electron chi connectivity index (χ3n) is 3.01. The van der Waals surface area contributed by atoms with Crippen molar-refractivity contribution < 1.29 is 4.42 Å². The summed E-state index contributed by atoms with van der Waals surface area (Å²) in [4.78, 5) is 4.34. The molecular weight excluding hydrogens is 200 g/mol. The zero-order chi connectivity index (χ0) is 11.7. The molecule has 2 N–H and O–H groups in total. The summed E-state index contributed by atoms with van der Waals surface area (Å²) in [5, 5.41) is 0. The first-order valence-corrected chi connectivity index (χ1v) is 5.69. The number of benzene rings is 1. The van der Waals surface area contributed by atoms with Gasteiger partial charge in [0, 0.05) is 6.92 Å². The topological polar surface area (TPSA) is 52.0 Å². The fraction of sp³-hybridized carbons (Fsp3) is 0.462. The lowest BCUT2D eigenvalue weighted by molar-refractivity contribution is 0.506. The Morgan fingerprint density at radius 3 is 2.75 bits per heavy atom. The number of fused-ring (bicyclic) bond motifs is 1. The molecule has 2 aromatic rings. The van der Waals surface area contributed by atoms with E-state index in [2.05, 4.69) is 31.0 Å². The highest BCUT2D eigenvalue weighted by Crippen LogP contribution is 2.26. The Kier molecular flexibility index (Phi) is 2.97. The van der Waals surface area contributed by atoms with E-state index in [1.807, 2.05) is 13.0 Å². The van der Waals surface area contributed by atoms with Gasteiger partial charge in [0.1, 0.15) is 5.52 Å². The molecule has 0 fully saturated rings. The average molecular weight is 218 g/mol. The minimum absolute atomic E-state index is 0.390. The Bertz CT molecular complexity index is 488. The van der Waals surface area contributed by atoms with E-state index in [0.717, 1.165) is 11.1 Å². The second-order valence-corrected chi connectivity index (χ2v) is 4.55. The summed E-state index contributed by atoms with van der Waals surface area (Å²) in [6.45, 7) is 6.91. The lowest BCUT2D eigenvalue weighted by Gasteiger charge is -2.18. The molecule has 0 saturated carbocycles. The molecule has 0 spiro atoms. The number of oxazole rings is 1. The number of aryl methyl sites for hydroxylation is 1. The maximum Gasteiger partial charge on any atom is 0.192 e. The fourth-order valence-electron chi connectivity index (χ4n) is 2.08. The van der Waals surface area contributed by atoms with Gasteiger partial charge in [0.25, 0.3) is 0 Å². The molecule has 0 aliphatic heterocycles. The largest absolute Gasteiger partial charge is 0.441 e. The van der Waals surface area contributed by atoms with E-state index in [4.69, 9.17) is 10.2 Å². The van der Waals surface area contributed by atoms with Crippen LogP contribution >= 0.6 is 0 Å². The van der Waals surface area contributed by atoms with Crippen LogP contribution in [0.4, 0.5) is 0 Å². The van der Waals surface area contributed by atoms with Crippen LogP contribution in [0.2, 0.25) is 0 Å². The first-order valence-electron chi connectivity index (χ1n) is 5.69. The molecule has 86 valence electrons. The number of hydrogen-bond acceptors (Lipinski definition) is 3. The van der Waals surface area contributed by atoms with Crippen molar-refractivity contribution in [3.05, 3.63) is 29.7 Å². The Labute approximate surface area is 95.7 Å². The van der Waals surface area contributed by atoms with Gasteiger partial charge in [-0.05, 0) is 36.1 Å². The molecule has 1 aromatic carbocycles. The number of aromatic nitrogens is 1. The SMILES string of the molecule is Cc1nc2cc(C(CN)C(C)C)ccc2o1. The predicted molar refractivity (Wildman–Crippen MR) is 65.4 cm³/mol. The zero-order valence-electron chi connectivity index (χ0n) is 10.0. The molecule has 1 heterocycles. The van der Waals surface area contributed by atoms with Crippen molar-refractivity contribution in [1.82, 2.24) is 4.98 Å². The van der Waals surface area contributed by atoms with Crippen LogP contribution in [-0.2, 0) is 0 Å². The first kappa shape index (κ1) is 11.1. The highest BCUT2D eigenvalue weighted by Gasteiger charge is 2.15. The maximum absolute atomic E-state index is 5.81. The van der Waals surface area contributed by atoms with Crippen LogP contribution in [0, 0.1) is 12.8 Å². The molecule has 0 aliphatic carbocycles. The van der Waals surface area contributed by atoms with Crippen LogP contribution < -0.4 is 5.73 Å². The third kappa shape index (κ3) is 1.95. The van der Waals surface area contributed by atoms with Crippen molar-refractivity contribution in [3.8, 4) is 0 Å². The zero-order valence-corrected chi connectivity index (χ0v) is 10.0. The number of rotatable bonds is 3. The molecule has 0 aliphatic rings. The highest BCUT2D eigenvalue weighted by molar-refractivity contribution is 5.73. The van der Waals surface area contributed by atoms with Gasteiger partial charge in [0.15, 0.2) is 11.5 Å². The van der Waals surface area contributed by atoms with Gasteiger partial charge in [-0.25, -0.2) is 4.98 Å². The molecule has 3 nitrogen and oxygen atoms in total. The average Bonchev–Trinajstić information content (AvgIpc) is 2.57. The Hall–Kier alpha value is -1.35. The van der Waals surface area contributed by atoms with Gasteiger partial charge in [-0.3, -0.25) is 0 Å². The molecule has 0 radical (unpaired) electrons. The van der Waals surface area contributed by atoms with Gasteiger partial charge < -0.3 is 10.2 Å². The van der Waals surface area contributed by atoms with Crippen LogP contribution in [-0.4, -0.2) is 11.5 Å². The van der Waals surface area contributed by atoms with E-state index in [0.29, 0.717) is 24.3 Å².